The Morgan fingerprint density at radius 1 is 1.00 bits per heavy atom. The summed E-state index contributed by atoms with van der Waals surface area (Å²) in [6, 6.07) is 14.8. The lowest BCUT2D eigenvalue weighted by molar-refractivity contribution is 0.410. The molecule has 0 saturated carbocycles. The molecule has 0 amide bonds. The summed E-state index contributed by atoms with van der Waals surface area (Å²) in [6.45, 7) is 2.75. The van der Waals surface area contributed by atoms with Crippen LogP contribution >= 0.6 is 0 Å². The Balaban J connectivity index is 2.30. The Hall–Kier alpha value is -1.80. The van der Waals surface area contributed by atoms with Crippen LogP contribution in [0.25, 0.3) is 0 Å². The third-order valence-corrected chi connectivity index (χ3v) is 3.37. The van der Waals surface area contributed by atoms with Gasteiger partial charge in [0, 0.05) is 13.0 Å². The molecular weight excluding hydrogens is 234 g/mol. The molecule has 2 rings (SSSR count). The first-order chi connectivity index (χ1) is 9.26. The maximum Gasteiger partial charge on any atom is 0.122 e. The van der Waals surface area contributed by atoms with Crippen LogP contribution in [-0.2, 0) is 19.4 Å². The normalized spacial score (nSPS) is 10.5. The van der Waals surface area contributed by atoms with E-state index in [1.165, 1.54) is 22.3 Å². The van der Waals surface area contributed by atoms with Crippen molar-refractivity contribution >= 4 is 0 Å². The second-order valence-electron chi connectivity index (χ2n) is 4.70. The Morgan fingerprint density at radius 2 is 1.79 bits per heavy atom. The van der Waals surface area contributed by atoms with Crippen molar-refractivity contribution in [2.45, 2.75) is 26.3 Å². The molecule has 2 N–H and O–H groups in total. The largest absolute Gasteiger partial charge is 0.496 e. The number of aryl methyl sites for hydroxylation is 1. The van der Waals surface area contributed by atoms with E-state index in [1.807, 2.05) is 0 Å². The van der Waals surface area contributed by atoms with E-state index >= 15 is 0 Å². The fraction of sp³-hybridized carbons (Fsp3) is 0.294. The van der Waals surface area contributed by atoms with Crippen molar-refractivity contribution in [1.29, 1.82) is 0 Å². The monoisotopic (exact) mass is 255 g/mol. The van der Waals surface area contributed by atoms with Gasteiger partial charge in [-0.1, -0.05) is 43.3 Å². The zero-order chi connectivity index (χ0) is 13.7. The molecule has 19 heavy (non-hydrogen) atoms. The molecule has 0 saturated heterocycles. The summed E-state index contributed by atoms with van der Waals surface area (Å²) in [4.78, 5) is 0. The standard InChI is InChI=1S/C17H21NO/c1-3-13-7-8-17(19-2)16(10-13)11-14-5-4-6-15(9-14)12-18/h4-10H,3,11-12,18H2,1-2H3. The third-order valence-electron chi connectivity index (χ3n) is 3.37. The second-order valence-corrected chi connectivity index (χ2v) is 4.70. The molecule has 0 aliphatic heterocycles. The van der Waals surface area contributed by atoms with Gasteiger partial charge in [0.05, 0.1) is 7.11 Å². The van der Waals surface area contributed by atoms with Gasteiger partial charge < -0.3 is 10.5 Å². The van der Waals surface area contributed by atoms with Crippen LogP contribution in [-0.4, -0.2) is 7.11 Å². The van der Waals surface area contributed by atoms with Crippen molar-refractivity contribution in [1.82, 2.24) is 0 Å². The van der Waals surface area contributed by atoms with E-state index in [4.69, 9.17) is 10.5 Å². The number of hydrogen-bond donors (Lipinski definition) is 1. The number of methoxy groups -OCH3 is 1. The van der Waals surface area contributed by atoms with Crippen LogP contribution in [0.3, 0.4) is 0 Å². The van der Waals surface area contributed by atoms with Crippen LogP contribution in [0.5, 0.6) is 5.75 Å². The van der Waals surface area contributed by atoms with Gasteiger partial charge in [-0.15, -0.1) is 0 Å². The molecule has 0 fully saturated rings. The van der Waals surface area contributed by atoms with E-state index in [2.05, 4.69) is 49.4 Å². The molecule has 0 aliphatic carbocycles. The summed E-state index contributed by atoms with van der Waals surface area (Å²) in [5.41, 5.74) is 10.7. The molecule has 0 aliphatic rings. The Labute approximate surface area is 115 Å². The second kappa shape index (κ2) is 6.39. The molecule has 2 nitrogen and oxygen atoms in total. The van der Waals surface area contributed by atoms with Crippen LogP contribution in [0.15, 0.2) is 42.5 Å². The summed E-state index contributed by atoms with van der Waals surface area (Å²) in [7, 11) is 1.72. The molecule has 0 spiro atoms. The van der Waals surface area contributed by atoms with E-state index in [0.29, 0.717) is 6.54 Å². The topological polar surface area (TPSA) is 35.2 Å². The predicted octanol–water partition coefficient (Wildman–Crippen LogP) is 3.31. The minimum absolute atomic E-state index is 0.583. The van der Waals surface area contributed by atoms with Gasteiger partial charge in [0.1, 0.15) is 5.75 Å². The SMILES string of the molecule is CCc1ccc(OC)c(Cc2cccc(CN)c2)c1. The van der Waals surface area contributed by atoms with Gasteiger partial charge in [-0.05, 0) is 34.7 Å². The van der Waals surface area contributed by atoms with Gasteiger partial charge in [0.15, 0.2) is 0 Å². The van der Waals surface area contributed by atoms with Crippen molar-refractivity contribution in [2.75, 3.05) is 7.11 Å². The summed E-state index contributed by atoms with van der Waals surface area (Å²) in [5.74, 6) is 0.954. The molecule has 0 bridgehead atoms. The Kier molecular flexibility index (Phi) is 4.58. The average Bonchev–Trinajstić information content (AvgIpc) is 2.47. The minimum atomic E-state index is 0.583. The molecule has 0 unspecified atom stereocenters. The highest BCUT2D eigenvalue weighted by molar-refractivity contribution is 5.41. The van der Waals surface area contributed by atoms with Gasteiger partial charge >= 0.3 is 0 Å². The predicted molar refractivity (Wildman–Crippen MR) is 79.5 cm³/mol. The Bertz CT molecular complexity index is 549. The first-order valence-corrected chi connectivity index (χ1v) is 6.70. The van der Waals surface area contributed by atoms with Gasteiger partial charge in [-0.3, -0.25) is 0 Å². The number of ether oxygens (including phenoxy) is 1. The fourth-order valence-electron chi connectivity index (χ4n) is 2.28. The molecule has 0 atom stereocenters. The van der Waals surface area contributed by atoms with Gasteiger partial charge in [0.25, 0.3) is 0 Å². The van der Waals surface area contributed by atoms with Gasteiger partial charge in [-0.2, -0.15) is 0 Å². The average molecular weight is 255 g/mol. The van der Waals surface area contributed by atoms with Crippen LogP contribution < -0.4 is 10.5 Å². The molecule has 100 valence electrons. The van der Waals surface area contributed by atoms with E-state index < -0.39 is 0 Å². The van der Waals surface area contributed by atoms with Crippen molar-refractivity contribution in [3.8, 4) is 5.75 Å². The van der Waals surface area contributed by atoms with Crippen LogP contribution in [0.1, 0.15) is 29.2 Å². The van der Waals surface area contributed by atoms with E-state index in [9.17, 15) is 0 Å². The maximum atomic E-state index is 5.69. The lowest BCUT2D eigenvalue weighted by Crippen LogP contribution is -1.99. The number of nitrogens with two attached hydrogens (primary N) is 1. The molecule has 0 radical (unpaired) electrons. The van der Waals surface area contributed by atoms with Gasteiger partial charge in [0.2, 0.25) is 0 Å². The summed E-state index contributed by atoms with van der Waals surface area (Å²) in [6.07, 6.45) is 1.92. The van der Waals surface area contributed by atoms with E-state index in [1.54, 1.807) is 7.11 Å². The quantitative estimate of drug-likeness (QED) is 0.889. The van der Waals surface area contributed by atoms with Crippen molar-refractivity contribution in [2.24, 2.45) is 5.73 Å². The number of benzene rings is 2. The van der Waals surface area contributed by atoms with E-state index in [0.717, 1.165) is 18.6 Å². The van der Waals surface area contributed by atoms with Crippen LogP contribution in [0, 0.1) is 0 Å². The lowest BCUT2D eigenvalue weighted by Gasteiger charge is -2.11. The van der Waals surface area contributed by atoms with Crippen LogP contribution in [0.4, 0.5) is 0 Å². The third kappa shape index (κ3) is 3.36. The first-order valence-electron chi connectivity index (χ1n) is 6.70. The van der Waals surface area contributed by atoms with E-state index in [-0.39, 0.29) is 0 Å². The number of rotatable bonds is 5. The highest BCUT2D eigenvalue weighted by atomic mass is 16.5. The number of hydrogen-bond acceptors (Lipinski definition) is 2. The smallest absolute Gasteiger partial charge is 0.122 e. The molecule has 2 aromatic carbocycles. The van der Waals surface area contributed by atoms with Crippen molar-refractivity contribution in [3.05, 3.63) is 64.7 Å². The molecule has 0 aromatic heterocycles. The summed E-state index contributed by atoms with van der Waals surface area (Å²) >= 11 is 0. The molecule has 2 aromatic rings. The zero-order valence-corrected chi connectivity index (χ0v) is 11.6. The highest BCUT2D eigenvalue weighted by Gasteiger charge is 2.05. The first kappa shape index (κ1) is 13.6. The minimum Gasteiger partial charge on any atom is -0.496 e. The summed E-state index contributed by atoms with van der Waals surface area (Å²) < 4.78 is 5.45. The van der Waals surface area contributed by atoms with Crippen molar-refractivity contribution < 1.29 is 4.74 Å². The maximum absolute atomic E-state index is 5.69. The zero-order valence-electron chi connectivity index (χ0n) is 11.6. The van der Waals surface area contributed by atoms with Crippen molar-refractivity contribution in [3.63, 3.8) is 0 Å². The Morgan fingerprint density at radius 3 is 2.47 bits per heavy atom. The van der Waals surface area contributed by atoms with Gasteiger partial charge in [-0.25, -0.2) is 0 Å². The lowest BCUT2D eigenvalue weighted by atomic mass is 9.99. The fourth-order valence-corrected chi connectivity index (χ4v) is 2.28. The molecular formula is C17H21NO. The highest BCUT2D eigenvalue weighted by Crippen LogP contribution is 2.23. The summed E-state index contributed by atoms with van der Waals surface area (Å²) in [5, 5.41) is 0. The molecule has 2 heteroatoms. The van der Waals surface area contributed by atoms with Crippen LogP contribution in [0.2, 0.25) is 0 Å². The molecule has 0 heterocycles.